The van der Waals surface area contributed by atoms with E-state index in [-0.39, 0.29) is 5.69 Å². The predicted molar refractivity (Wildman–Crippen MR) is 40.2 cm³/mol. The monoisotopic (exact) mass is 205 g/mol. The molecule has 1 aromatic rings. The molecular formula is C6H5BrFNO. The smallest absolute Gasteiger partial charge is 0.175 e. The summed E-state index contributed by atoms with van der Waals surface area (Å²) in [6, 6.07) is 2.57. The van der Waals surface area contributed by atoms with Crippen molar-refractivity contribution in [2.75, 3.05) is 5.73 Å². The summed E-state index contributed by atoms with van der Waals surface area (Å²) in [5, 5.41) is 8.86. The molecule has 1 aromatic carbocycles. The second kappa shape index (κ2) is 2.46. The molecule has 1 rings (SSSR count). The van der Waals surface area contributed by atoms with Gasteiger partial charge in [0.15, 0.2) is 11.6 Å². The van der Waals surface area contributed by atoms with Crippen LogP contribution in [0.1, 0.15) is 0 Å². The number of nitrogen functional groups attached to an aromatic ring is 1. The number of phenols is 1. The van der Waals surface area contributed by atoms with E-state index in [1.165, 1.54) is 6.07 Å². The van der Waals surface area contributed by atoms with Crippen LogP contribution in [0.2, 0.25) is 0 Å². The molecule has 0 aliphatic carbocycles. The Morgan fingerprint density at radius 1 is 1.50 bits per heavy atom. The minimum Gasteiger partial charge on any atom is -0.503 e. The van der Waals surface area contributed by atoms with Crippen LogP contribution in [0.3, 0.4) is 0 Å². The molecule has 0 spiro atoms. The normalized spacial score (nSPS) is 9.80. The van der Waals surface area contributed by atoms with Crippen LogP contribution in [0.4, 0.5) is 10.1 Å². The molecule has 4 heteroatoms. The lowest BCUT2D eigenvalue weighted by atomic mass is 10.3. The van der Waals surface area contributed by atoms with Crippen molar-refractivity contribution in [2.24, 2.45) is 0 Å². The molecule has 0 saturated carbocycles. The Kier molecular flexibility index (Phi) is 1.80. The van der Waals surface area contributed by atoms with Gasteiger partial charge in [-0.1, -0.05) is 0 Å². The maximum atomic E-state index is 12.4. The van der Waals surface area contributed by atoms with Crippen molar-refractivity contribution in [2.45, 2.75) is 0 Å². The van der Waals surface area contributed by atoms with Gasteiger partial charge in [-0.25, -0.2) is 4.39 Å². The molecule has 0 amide bonds. The van der Waals surface area contributed by atoms with Crippen LogP contribution in [0.15, 0.2) is 16.6 Å². The van der Waals surface area contributed by atoms with Crippen LogP contribution in [0, 0.1) is 5.82 Å². The first kappa shape index (κ1) is 7.34. The molecule has 10 heavy (non-hydrogen) atoms. The molecule has 0 atom stereocenters. The fourth-order valence-corrected chi connectivity index (χ4v) is 0.877. The van der Waals surface area contributed by atoms with Gasteiger partial charge in [0.2, 0.25) is 0 Å². The summed E-state index contributed by atoms with van der Waals surface area (Å²) in [5.41, 5.74) is 5.27. The lowest BCUT2D eigenvalue weighted by Crippen LogP contribution is -1.89. The summed E-state index contributed by atoms with van der Waals surface area (Å²) in [5.74, 6) is -1.21. The molecule has 0 fully saturated rings. The third-order valence-corrected chi connectivity index (χ3v) is 1.81. The summed E-state index contributed by atoms with van der Waals surface area (Å²) in [6.45, 7) is 0. The average Bonchev–Trinajstić information content (AvgIpc) is 1.93. The van der Waals surface area contributed by atoms with Crippen LogP contribution < -0.4 is 5.73 Å². The standard InChI is InChI=1S/C6H5BrFNO/c7-3-1-2-4(8)6(10)5(3)9/h1-2,10H,9H2. The summed E-state index contributed by atoms with van der Waals surface area (Å²) in [7, 11) is 0. The first-order chi connectivity index (χ1) is 4.63. The van der Waals surface area contributed by atoms with Crippen molar-refractivity contribution in [1.29, 1.82) is 0 Å². The fourth-order valence-electron chi connectivity index (χ4n) is 0.557. The van der Waals surface area contributed by atoms with Gasteiger partial charge in [0.05, 0.1) is 5.69 Å². The molecule has 0 aliphatic rings. The maximum Gasteiger partial charge on any atom is 0.175 e. The van der Waals surface area contributed by atoms with Gasteiger partial charge in [0, 0.05) is 4.47 Å². The zero-order chi connectivity index (χ0) is 7.72. The first-order valence-corrected chi connectivity index (χ1v) is 3.34. The van der Waals surface area contributed by atoms with Crippen molar-refractivity contribution in [3.8, 4) is 5.75 Å². The van der Waals surface area contributed by atoms with Gasteiger partial charge in [-0.2, -0.15) is 0 Å². The highest BCUT2D eigenvalue weighted by atomic mass is 79.9. The van der Waals surface area contributed by atoms with E-state index in [0.717, 1.165) is 6.07 Å². The van der Waals surface area contributed by atoms with Gasteiger partial charge in [0.1, 0.15) is 0 Å². The predicted octanol–water partition coefficient (Wildman–Crippen LogP) is 1.88. The molecule has 54 valence electrons. The number of benzene rings is 1. The number of anilines is 1. The van der Waals surface area contributed by atoms with E-state index < -0.39 is 11.6 Å². The summed E-state index contributed by atoms with van der Waals surface area (Å²) < 4.78 is 12.9. The number of halogens is 2. The number of rotatable bonds is 0. The minimum atomic E-state index is -0.708. The zero-order valence-corrected chi connectivity index (χ0v) is 6.52. The first-order valence-electron chi connectivity index (χ1n) is 2.55. The number of hydrogen-bond donors (Lipinski definition) is 2. The molecule has 0 aromatic heterocycles. The van der Waals surface area contributed by atoms with E-state index in [0.29, 0.717) is 4.47 Å². The lowest BCUT2D eigenvalue weighted by Gasteiger charge is -2.00. The van der Waals surface area contributed by atoms with E-state index in [4.69, 9.17) is 10.8 Å². The molecule has 0 heterocycles. The number of aromatic hydroxyl groups is 1. The lowest BCUT2D eigenvalue weighted by molar-refractivity contribution is 0.435. The summed E-state index contributed by atoms with van der Waals surface area (Å²) in [4.78, 5) is 0. The third-order valence-electron chi connectivity index (χ3n) is 1.11. The second-order valence-electron chi connectivity index (χ2n) is 1.79. The Morgan fingerprint density at radius 3 is 2.60 bits per heavy atom. The van der Waals surface area contributed by atoms with Crippen molar-refractivity contribution in [1.82, 2.24) is 0 Å². The van der Waals surface area contributed by atoms with E-state index in [1.54, 1.807) is 0 Å². The van der Waals surface area contributed by atoms with Crippen LogP contribution >= 0.6 is 15.9 Å². The summed E-state index contributed by atoms with van der Waals surface area (Å²) >= 11 is 3.03. The number of hydrogen-bond acceptors (Lipinski definition) is 2. The van der Waals surface area contributed by atoms with Gasteiger partial charge < -0.3 is 10.8 Å². The van der Waals surface area contributed by atoms with Crippen LogP contribution in [-0.2, 0) is 0 Å². The highest BCUT2D eigenvalue weighted by Crippen LogP contribution is 2.30. The van der Waals surface area contributed by atoms with E-state index in [2.05, 4.69) is 15.9 Å². The third kappa shape index (κ3) is 1.07. The summed E-state index contributed by atoms with van der Waals surface area (Å²) in [6.07, 6.45) is 0. The minimum absolute atomic E-state index is 0.0278. The quantitative estimate of drug-likeness (QED) is 0.502. The largest absolute Gasteiger partial charge is 0.503 e. The Hall–Kier alpha value is -0.770. The molecule has 0 unspecified atom stereocenters. The Morgan fingerprint density at radius 2 is 2.10 bits per heavy atom. The molecule has 0 aliphatic heterocycles. The van der Waals surface area contributed by atoms with Gasteiger partial charge >= 0.3 is 0 Å². The Labute approximate surface area is 65.6 Å². The van der Waals surface area contributed by atoms with Crippen LogP contribution in [0.5, 0.6) is 5.75 Å². The molecule has 0 bridgehead atoms. The van der Waals surface area contributed by atoms with Crippen molar-refractivity contribution in [3.63, 3.8) is 0 Å². The zero-order valence-electron chi connectivity index (χ0n) is 4.94. The van der Waals surface area contributed by atoms with E-state index >= 15 is 0 Å². The average molecular weight is 206 g/mol. The van der Waals surface area contributed by atoms with Crippen molar-refractivity contribution in [3.05, 3.63) is 22.4 Å². The van der Waals surface area contributed by atoms with Crippen LogP contribution in [0.25, 0.3) is 0 Å². The van der Waals surface area contributed by atoms with Gasteiger partial charge in [0.25, 0.3) is 0 Å². The SMILES string of the molecule is Nc1c(Br)ccc(F)c1O. The van der Waals surface area contributed by atoms with E-state index in [9.17, 15) is 4.39 Å². The van der Waals surface area contributed by atoms with Crippen LogP contribution in [-0.4, -0.2) is 5.11 Å². The van der Waals surface area contributed by atoms with Crippen molar-refractivity contribution < 1.29 is 9.50 Å². The molecule has 2 nitrogen and oxygen atoms in total. The molecule has 0 radical (unpaired) electrons. The Balaban J connectivity index is 3.34. The van der Waals surface area contributed by atoms with Gasteiger partial charge in [-0.05, 0) is 28.1 Å². The highest BCUT2D eigenvalue weighted by Gasteiger charge is 2.06. The molecular weight excluding hydrogens is 201 g/mol. The van der Waals surface area contributed by atoms with E-state index in [1.807, 2.05) is 0 Å². The maximum absolute atomic E-state index is 12.4. The fraction of sp³-hybridized carbons (Fsp3) is 0. The number of phenolic OH excluding ortho intramolecular Hbond substituents is 1. The topological polar surface area (TPSA) is 46.2 Å². The Bertz CT molecular complexity index is 237. The van der Waals surface area contributed by atoms with Crippen molar-refractivity contribution >= 4 is 21.6 Å². The molecule has 0 saturated heterocycles. The van der Waals surface area contributed by atoms with Gasteiger partial charge in [-0.15, -0.1) is 0 Å². The molecule has 3 N–H and O–H groups in total. The van der Waals surface area contributed by atoms with Gasteiger partial charge in [-0.3, -0.25) is 0 Å². The second-order valence-corrected chi connectivity index (χ2v) is 2.65. The highest BCUT2D eigenvalue weighted by molar-refractivity contribution is 9.10. The number of nitrogens with two attached hydrogens (primary N) is 1.